The number of aromatic nitrogens is 1. The second-order valence-electron chi connectivity index (χ2n) is 4.94. The molecule has 2 rings (SSSR count). The quantitative estimate of drug-likeness (QED) is 0.893. The van der Waals surface area contributed by atoms with Gasteiger partial charge >= 0.3 is 6.18 Å². The maximum absolute atomic E-state index is 12.8. The number of halogens is 3. The molecule has 1 N–H and O–H groups in total. The first-order valence-corrected chi connectivity index (χ1v) is 6.37. The zero-order valence-electron chi connectivity index (χ0n) is 10.9. The molecule has 1 unspecified atom stereocenters. The summed E-state index contributed by atoms with van der Waals surface area (Å²) in [4.78, 5) is 6.07. The fraction of sp³-hybridized carbons (Fsp3) is 0.615. The van der Waals surface area contributed by atoms with Crippen molar-refractivity contribution < 1.29 is 13.2 Å². The van der Waals surface area contributed by atoms with Gasteiger partial charge < -0.3 is 5.32 Å². The van der Waals surface area contributed by atoms with Gasteiger partial charge in [-0.05, 0) is 18.6 Å². The lowest BCUT2D eigenvalue weighted by Crippen LogP contribution is -2.38. The lowest BCUT2D eigenvalue weighted by atomic mass is 10.1. The van der Waals surface area contributed by atoms with Crippen LogP contribution in [0.5, 0.6) is 0 Å². The Morgan fingerprint density at radius 1 is 1.47 bits per heavy atom. The van der Waals surface area contributed by atoms with Crippen LogP contribution in [0.1, 0.15) is 11.3 Å². The van der Waals surface area contributed by atoms with E-state index in [-0.39, 0.29) is 13.1 Å². The molecule has 19 heavy (non-hydrogen) atoms. The molecule has 6 heteroatoms. The molecule has 1 saturated heterocycles. The van der Waals surface area contributed by atoms with Crippen molar-refractivity contribution in [3.8, 4) is 0 Å². The molecule has 0 aliphatic carbocycles. The minimum absolute atomic E-state index is 0.00119. The van der Waals surface area contributed by atoms with Crippen molar-refractivity contribution in [2.24, 2.45) is 5.92 Å². The van der Waals surface area contributed by atoms with Crippen LogP contribution in [-0.4, -0.2) is 42.2 Å². The Labute approximate surface area is 110 Å². The van der Waals surface area contributed by atoms with Gasteiger partial charge in [0.25, 0.3) is 0 Å². The summed E-state index contributed by atoms with van der Waals surface area (Å²) in [7, 11) is 0. The van der Waals surface area contributed by atoms with Crippen LogP contribution in [0.25, 0.3) is 0 Å². The van der Waals surface area contributed by atoms with Crippen molar-refractivity contribution in [3.63, 3.8) is 0 Å². The van der Waals surface area contributed by atoms with E-state index in [9.17, 15) is 13.2 Å². The van der Waals surface area contributed by atoms with Crippen LogP contribution in [0.15, 0.2) is 18.3 Å². The van der Waals surface area contributed by atoms with E-state index >= 15 is 0 Å². The normalized spacial score (nSPS) is 22.2. The fourth-order valence-electron chi connectivity index (χ4n) is 2.24. The summed E-state index contributed by atoms with van der Waals surface area (Å²) >= 11 is 0. The lowest BCUT2D eigenvalue weighted by Gasteiger charge is -2.25. The molecule has 3 nitrogen and oxygen atoms in total. The maximum Gasteiger partial charge on any atom is 0.394 e. The summed E-state index contributed by atoms with van der Waals surface area (Å²) in [6.45, 7) is 3.63. The van der Waals surface area contributed by atoms with E-state index in [1.54, 1.807) is 6.20 Å². The van der Waals surface area contributed by atoms with Gasteiger partial charge in [-0.1, -0.05) is 6.07 Å². The average Bonchev–Trinajstić information content (AvgIpc) is 2.57. The van der Waals surface area contributed by atoms with E-state index in [0.29, 0.717) is 19.6 Å². The van der Waals surface area contributed by atoms with E-state index in [2.05, 4.69) is 10.3 Å². The molecule has 2 heterocycles. The highest BCUT2D eigenvalue weighted by Gasteiger charge is 2.41. The molecule has 0 saturated carbocycles. The van der Waals surface area contributed by atoms with E-state index in [1.165, 1.54) is 0 Å². The van der Waals surface area contributed by atoms with E-state index in [4.69, 9.17) is 0 Å². The number of rotatable bonds is 2. The number of aryl methyl sites for hydroxylation is 1. The average molecular weight is 273 g/mol. The van der Waals surface area contributed by atoms with Crippen molar-refractivity contribution >= 4 is 0 Å². The van der Waals surface area contributed by atoms with Gasteiger partial charge in [-0.3, -0.25) is 9.88 Å². The highest BCUT2D eigenvalue weighted by molar-refractivity contribution is 5.17. The van der Waals surface area contributed by atoms with Crippen molar-refractivity contribution in [1.29, 1.82) is 0 Å². The summed E-state index contributed by atoms with van der Waals surface area (Å²) in [6.07, 6.45) is -2.46. The molecule has 0 aromatic carbocycles. The van der Waals surface area contributed by atoms with Gasteiger partial charge in [0.2, 0.25) is 0 Å². The third-order valence-electron chi connectivity index (χ3n) is 3.43. The number of alkyl halides is 3. The Kier molecular flexibility index (Phi) is 4.42. The van der Waals surface area contributed by atoms with Crippen LogP contribution < -0.4 is 5.32 Å². The lowest BCUT2D eigenvalue weighted by molar-refractivity contribution is -0.176. The predicted molar refractivity (Wildman–Crippen MR) is 66.7 cm³/mol. The molecule has 106 valence electrons. The van der Waals surface area contributed by atoms with Gasteiger partial charge in [-0.15, -0.1) is 0 Å². The molecule has 1 fully saturated rings. The van der Waals surface area contributed by atoms with Crippen LogP contribution in [-0.2, 0) is 6.54 Å². The minimum Gasteiger partial charge on any atom is -0.315 e. The first-order valence-electron chi connectivity index (χ1n) is 6.37. The third-order valence-corrected chi connectivity index (χ3v) is 3.43. The molecule has 0 amide bonds. The van der Waals surface area contributed by atoms with Gasteiger partial charge in [0.1, 0.15) is 0 Å². The molecule has 1 aromatic rings. The molecule has 0 spiro atoms. The number of hydrogen-bond acceptors (Lipinski definition) is 3. The Bertz CT molecular complexity index is 420. The minimum atomic E-state index is -4.14. The molecule has 1 aromatic heterocycles. The smallest absolute Gasteiger partial charge is 0.315 e. The molecule has 1 atom stereocenters. The summed E-state index contributed by atoms with van der Waals surface area (Å²) in [5.74, 6) is -1.31. The number of nitrogens with one attached hydrogen (secondary N) is 1. The highest BCUT2D eigenvalue weighted by atomic mass is 19.4. The van der Waals surface area contributed by atoms with Crippen LogP contribution in [0.3, 0.4) is 0 Å². The first-order chi connectivity index (χ1) is 8.97. The fourth-order valence-corrected chi connectivity index (χ4v) is 2.24. The molecular weight excluding hydrogens is 255 g/mol. The van der Waals surface area contributed by atoms with Crippen molar-refractivity contribution in [2.45, 2.75) is 19.6 Å². The van der Waals surface area contributed by atoms with Crippen LogP contribution in [0.2, 0.25) is 0 Å². The number of nitrogens with zero attached hydrogens (tertiary/aromatic N) is 2. The van der Waals surface area contributed by atoms with Gasteiger partial charge in [-0.25, -0.2) is 0 Å². The van der Waals surface area contributed by atoms with Gasteiger partial charge in [0.05, 0.1) is 11.6 Å². The largest absolute Gasteiger partial charge is 0.394 e. The maximum atomic E-state index is 12.8. The molecule has 1 aliphatic rings. The zero-order chi connectivity index (χ0) is 13.9. The summed E-state index contributed by atoms with van der Waals surface area (Å²) in [5.41, 5.74) is 1.87. The topological polar surface area (TPSA) is 28.2 Å². The van der Waals surface area contributed by atoms with E-state index in [1.807, 2.05) is 24.0 Å². The monoisotopic (exact) mass is 273 g/mol. The summed E-state index contributed by atoms with van der Waals surface area (Å²) in [5, 5.41) is 2.85. The summed E-state index contributed by atoms with van der Waals surface area (Å²) in [6, 6.07) is 3.76. The van der Waals surface area contributed by atoms with Crippen molar-refractivity contribution in [3.05, 3.63) is 29.6 Å². The molecular formula is C13H18F3N3. The van der Waals surface area contributed by atoms with Crippen molar-refractivity contribution in [1.82, 2.24) is 15.2 Å². The summed E-state index contributed by atoms with van der Waals surface area (Å²) < 4.78 is 38.5. The van der Waals surface area contributed by atoms with E-state index < -0.39 is 12.1 Å². The van der Waals surface area contributed by atoms with Crippen LogP contribution in [0, 0.1) is 12.8 Å². The van der Waals surface area contributed by atoms with Crippen LogP contribution >= 0.6 is 0 Å². The highest BCUT2D eigenvalue weighted by Crippen LogP contribution is 2.27. The van der Waals surface area contributed by atoms with Gasteiger partial charge in [-0.2, -0.15) is 13.2 Å². The molecule has 1 aliphatic heterocycles. The SMILES string of the molecule is Cc1cccnc1CN1CCNCC(C(F)(F)F)C1. The third kappa shape index (κ3) is 3.91. The second kappa shape index (κ2) is 5.88. The number of hydrogen-bond donors (Lipinski definition) is 1. The van der Waals surface area contributed by atoms with Crippen molar-refractivity contribution in [2.75, 3.05) is 26.2 Å². The standard InChI is InChI=1S/C13H18F3N3/c1-10-3-2-4-18-12(10)9-19-6-5-17-7-11(8-19)13(14,15)16/h2-4,11,17H,5-9H2,1H3. The number of pyridine rings is 1. The van der Waals surface area contributed by atoms with E-state index in [0.717, 1.165) is 11.3 Å². The Hall–Kier alpha value is -1.14. The first kappa shape index (κ1) is 14.3. The van der Waals surface area contributed by atoms with Gasteiger partial charge in [0, 0.05) is 38.9 Å². The predicted octanol–water partition coefficient (Wildman–Crippen LogP) is 1.97. The molecule has 0 bridgehead atoms. The zero-order valence-corrected chi connectivity index (χ0v) is 10.9. The Morgan fingerprint density at radius 3 is 2.95 bits per heavy atom. The Balaban J connectivity index is 2.05. The molecule has 0 radical (unpaired) electrons. The Morgan fingerprint density at radius 2 is 2.26 bits per heavy atom. The van der Waals surface area contributed by atoms with Gasteiger partial charge in [0.15, 0.2) is 0 Å². The second-order valence-corrected chi connectivity index (χ2v) is 4.94. The van der Waals surface area contributed by atoms with Crippen LogP contribution in [0.4, 0.5) is 13.2 Å².